The zero-order valence-electron chi connectivity index (χ0n) is 12.3. The number of esters is 2. The molecule has 0 spiro atoms. The monoisotopic (exact) mass is 276 g/mol. The van der Waals surface area contributed by atoms with Crippen molar-refractivity contribution in [3.05, 3.63) is 59.8 Å². The fourth-order valence-corrected chi connectivity index (χ4v) is 1.06. The highest BCUT2D eigenvalue weighted by molar-refractivity contribution is 5.82. The molecule has 4 nitrogen and oxygen atoms in total. The SMILES string of the molecule is COC(=O)/C=C/C(C)=C/C=C/C=C(C)/C=C/C(=O)OC. The summed E-state index contributed by atoms with van der Waals surface area (Å²) in [4.78, 5) is 21.8. The molecule has 0 N–H and O–H groups in total. The molecule has 0 saturated heterocycles. The van der Waals surface area contributed by atoms with Crippen molar-refractivity contribution in [1.82, 2.24) is 0 Å². The average molecular weight is 276 g/mol. The van der Waals surface area contributed by atoms with Gasteiger partial charge < -0.3 is 9.47 Å². The number of carbonyl (C=O) groups excluding carboxylic acids is 2. The fraction of sp³-hybridized carbons (Fsp3) is 0.250. The molecule has 0 bridgehead atoms. The van der Waals surface area contributed by atoms with Crippen LogP contribution in [0.2, 0.25) is 0 Å². The quantitative estimate of drug-likeness (QED) is 0.425. The topological polar surface area (TPSA) is 52.6 Å². The highest BCUT2D eigenvalue weighted by Gasteiger charge is 1.90. The molecular formula is C16H20O4. The normalized spacial score (nSPS) is 13.4. The number of rotatable bonds is 6. The molecule has 0 aromatic rings. The van der Waals surface area contributed by atoms with Gasteiger partial charge in [-0.25, -0.2) is 9.59 Å². The Kier molecular flexibility index (Phi) is 9.31. The minimum atomic E-state index is -0.384. The van der Waals surface area contributed by atoms with Crippen molar-refractivity contribution < 1.29 is 19.1 Å². The second-order valence-electron chi connectivity index (χ2n) is 3.92. The molecule has 0 aromatic heterocycles. The molecule has 0 rings (SSSR count). The molecule has 0 heterocycles. The highest BCUT2D eigenvalue weighted by Crippen LogP contribution is 1.99. The van der Waals surface area contributed by atoms with E-state index in [1.807, 2.05) is 38.2 Å². The average Bonchev–Trinajstić information content (AvgIpc) is 2.46. The van der Waals surface area contributed by atoms with Crippen molar-refractivity contribution in [2.45, 2.75) is 13.8 Å². The van der Waals surface area contributed by atoms with Crippen LogP contribution in [0.5, 0.6) is 0 Å². The maximum absolute atomic E-state index is 10.9. The molecule has 20 heavy (non-hydrogen) atoms. The summed E-state index contributed by atoms with van der Waals surface area (Å²) in [6.07, 6.45) is 13.5. The van der Waals surface area contributed by atoms with Crippen molar-refractivity contribution in [1.29, 1.82) is 0 Å². The van der Waals surface area contributed by atoms with Crippen LogP contribution in [-0.4, -0.2) is 26.2 Å². The zero-order chi connectivity index (χ0) is 15.4. The molecule has 0 aromatic carbocycles. The second-order valence-corrected chi connectivity index (χ2v) is 3.92. The van der Waals surface area contributed by atoms with Crippen LogP contribution in [0.3, 0.4) is 0 Å². The minimum Gasteiger partial charge on any atom is -0.466 e. The van der Waals surface area contributed by atoms with Gasteiger partial charge in [-0.05, 0) is 13.8 Å². The second kappa shape index (κ2) is 10.6. The molecule has 0 saturated carbocycles. The predicted octanol–water partition coefficient (Wildman–Crippen LogP) is 2.89. The summed E-state index contributed by atoms with van der Waals surface area (Å²) in [5.41, 5.74) is 1.84. The Morgan fingerprint density at radius 3 is 1.35 bits per heavy atom. The lowest BCUT2D eigenvalue weighted by molar-refractivity contribution is -0.135. The third-order valence-corrected chi connectivity index (χ3v) is 2.20. The van der Waals surface area contributed by atoms with Gasteiger partial charge >= 0.3 is 11.9 Å². The summed E-state index contributed by atoms with van der Waals surface area (Å²) in [5, 5.41) is 0. The zero-order valence-corrected chi connectivity index (χ0v) is 12.3. The predicted molar refractivity (Wildman–Crippen MR) is 79.0 cm³/mol. The molecule has 0 radical (unpaired) electrons. The lowest BCUT2D eigenvalue weighted by Gasteiger charge is -1.91. The van der Waals surface area contributed by atoms with Gasteiger partial charge in [-0.3, -0.25) is 0 Å². The molecule has 4 heteroatoms. The first-order valence-corrected chi connectivity index (χ1v) is 6.03. The molecular weight excluding hydrogens is 256 g/mol. The van der Waals surface area contributed by atoms with E-state index in [0.717, 1.165) is 11.1 Å². The first kappa shape index (κ1) is 17.6. The highest BCUT2D eigenvalue weighted by atomic mass is 16.5. The Bertz CT molecular complexity index is 433. The van der Waals surface area contributed by atoms with E-state index in [0.29, 0.717) is 0 Å². The molecule has 0 aliphatic heterocycles. The van der Waals surface area contributed by atoms with Crippen LogP contribution in [0.25, 0.3) is 0 Å². The minimum absolute atomic E-state index is 0.384. The Labute approximate surface area is 119 Å². The number of carbonyl (C=O) groups is 2. The van der Waals surface area contributed by atoms with E-state index in [1.54, 1.807) is 12.2 Å². The number of allylic oxidation sites excluding steroid dienone is 8. The standard InChI is InChI=1S/C16H20O4/c1-13(9-11-15(17)19-3)7-5-6-8-14(2)10-12-16(18)20-4/h5-12H,1-4H3/b6-5+,11-9+,12-10+,13-7+,14-8+. The molecule has 0 aliphatic carbocycles. The van der Waals surface area contributed by atoms with E-state index >= 15 is 0 Å². The van der Waals surface area contributed by atoms with Crippen molar-refractivity contribution in [2.24, 2.45) is 0 Å². The van der Waals surface area contributed by atoms with Gasteiger partial charge in [0.25, 0.3) is 0 Å². The van der Waals surface area contributed by atoms with Gasteiger partial charge in [0.15, 0.2) is 0 Å². The number of hydrogen-bond acceptors (Lipinski definition) is 4. The summed E-state index contributed by atoms with van der Waals surface area (Å²) < 4.78 is 8.97. The van der Waals surface area contributed by atoms with E-state index in [2.05, 4.69) is 9.47 Å². The van der Waals surface area contributed by atoms with E-state index in [-0.39, 0.29) is 11.9 Å². The molecule has 0 amide bonds. The van der Waals surface area contributed by atoms with Gasteiger partial charge in [0.1, 0.15) is 0 Å². The summed E-state index contributed by atoms with van der Waals surface area (Å²) in [6, 6.07) is 0. The van der Waals surface area contributed by atoms with E-state index in [9.17, 15) is 9.59 Å². The summed E-state index contributed by atoms with van der Waals surface area (Å²) in [7, 11) is 2.67. The van der Waals surface area contributed by atoms with Crippen molar-refractivity contribution >= 4 is 11.9 Å². The molecule has 0 aliphatic rings. The molecule has 108 valence electrons. The van der Waals surface area contributed by atoms with E-state index < -0.39 is 0 Å². The van der Waals surface area contributed by atoms with E-state index in [1.165, 1.54) is 26.4 Å². The third kappa shape index (κ3) is 9.65. The Hall–Kier alpha value is -2.36. The van der Waals surface area contributed by atoms with Crippen LogP contribution in [0, 0.1) is 0 Å². The Morgan fingerprint density at radius 2 is 1.05 bits per heavy atom. The van der Waals surface area contributed by atoms with Crippen LogP contribution in [0.15, 0.2) is 59.8 Å². The fourth-order valence-electron chi connectivity index (χ4n) is 1.06. The first-order chi connectivity index (χ1) is 9.49. The molecule has 0 unspecified atom stereocenters. The van der Waals surface area contributed by atoms with Crippen molar-refractivity contribution in [3.8, 4) is 0 Å². The van der Waals surface area contributed by atoms with Gasteiger partial charge in [0, 0.05) is 12.2 Å². The van der Waals surface area contributed by atoms with Crippen molar-refractivity contribution in [2.75, 3.05) is 14.2 Å². The number of hydrogen-bond donors (Lipinski definition) is 0. The summed E-state index contributed by atoms with van der Waals surface area (Å²) in [5.74, 6) is -0.768. The Morgan fingerprint density at radius 1 is 0.700 bits per heavy atom. The molecule has 0 atom stereocenters. The van der Waals surface area contributed by atoms with Crippen LogP contribution < -0.4 is 0 Å². The third-order valence-electron chi connectivity index (χ3n) is 2.20. The van der Waals surface area contributed by atoms with Crippen LogP contribution >= 0.6 is 0 Å². The van der Waals surface area contributed by atoms with Gasteiger partial charge in [-0.2, -0.15) is 0 Å². The lowest BCUT2D eigenvalue weighted by Crippen LogP contribution is -1.93. The Balaban J connectivity index is 4.43. The van der Waals surface area contributed by atoms with Gasteiger partial charge in [0.05, 0.1) is 14.2 Å². The van der Waals surface area contributed by atoms with Gasteiger partial charge in [0.2, 0.25) is 0 Å². The van der Waals surface area contributed by atoms with Gasteiger partial charge in [-0.1, -0.05) is 47.6 Å². The smallest absolute Gasteiger partial charge is 0.330 e. The van der Waals surface area contributed by atoms with Crippen LogP contribution in [-0.2, 0) is 19.1 Å². The maximum atomic E-state index is 10.9. The first-order valence-electron chi connectivity index (χ1n) is 6.03. The van der Waals surface area contributed by atoms with Crippen molar-refractivity contribution in [3.63, 3.8) is 0 Å². The number of ether oxygens (including phenoxy) is 2. The van der Waals surface area contributed by atoms with Gasteiger partial charge in [-0.15, -0.1) is 0 Å². The summed E-state index contributed by atoms with van der Waals surface area (Å²) in [6.45, 7) is 3.75. The van der Waals surface area contributed by atoms with Crippen LogP contribution in [0.1, 0.15) is 13.8 Å². The lowest BCUT2D eigenvalue weighted by atomic mass is 10.2. The summed E-state index contributed by atoms with van der Waals surface area (Å²) >= 11 is 0. The number of methoxy groups -OCH3 is 2. The van der Waals surface area contributed by atoms with Crippen LogP contribution in [0.4, 0.5) is 0 Å². The molecule has 0 fully saturated rings. The maximum Gasteiger partial charge on any atom is 0.330 e. The van der Waals surface area contributed by atoms with E-state index in [4.69, 9.17) is 0 Å². The largest absolute Gasteiger partial charge is 0.466 e.